The smallest absolute Gasteiger partial charge is 0.414 e. The normalized spacial score (nSPS) is 13.8. The lowest BCUT2D eigenvalue weighted by Crippen LogP contribution is -2.35. The van der Waals surface area contributed by atoms with Crippen molar-refractivity contribution < 1.29 is 24.2 Å². The average Bonchev–Trinajstić information content (AvgIpc) is 2.87. The van der Waals surface area contributed by atoms with Crippen molar-refractivity contribution in [1.82, 2.24) is 0 Å². The maximum Gasteiger partial charge on any atom is 0.414 e. The van der Waals surface area contributed by atoms with Gasteiger partial charge in [-0.05, 0) is 50.5 Å². The van der Waals surface area contributed by atoms with Crippen molar-refractivity contribution in [2.75, 3.05) is 18.6 Å². The first-order valence-corrected chi connectivity index (χ1v) is 7.12. The average molecular weight is 307 g/mol. The van der Waals surface area contributed by atoms with E-state index in [4.69, 9.17) is 9.47 Å². The summed E-state index contributed by atoms with van der Waals surface area (Å²) in [6, 6.07) is 3.21. The van der Waals surface area contributed by atoms with Crippen LogP contribution in [0, 0.1) is 0 Å². The molecule has 1 aromatic carbocycles. The first-order chi connectivity index (χ1) is 10.3. The summed E-state index contributed by atoms with van der Waals surface area (Å²) >= 11 is 0. The fourth-order valence-corrected chi connectivity index (χ4v) is 2.47. The molecule has 1 amide bonds. The summed E-state index contributed by atoms with van der Waals surface area (Å²) < 4.78 is 10.1. The number of hydrogen-bond donors (Lipinski definition) is 1. The van der Waals surface area contributed by atoms with Crippen LogP contribution in [0.15, 0.2) is 12.1 Å². The third-order valence-corrected chi connectivity index (χ3v) is 3.40. The molecular weight excluding hydrogens is 286 g/mol. The van der Waals surface area contributed by atoms with Gasteiger partial charge in [-0.2, -0.15) is 0 Å². The van der Waals surface area contributed by atoms with E-state index in [-0.39, 0.29) is 6.61 Å². The van der Waals surface area contributed by atoms with Gasteiger partial charge in [0.25, 0.3) is 0 Å². The van der Waals surface area contributed by atoms with Gasteiger partial charge in [-0.1, -0.05) is 0 Å². The lowest BCUT2D eigenvalue weighted by atomic mass is 10.0. The van der Waals surface area contributed by atoms with Crippen LogP contribution in [0.5, 0.6) is 0 Å². The summed E-state index contributed by atoms with van der Waals surface area (Å²) in [7, 11) is 1.29. The molecule has 2 rings (SSSR count). The molecule has 0 unspecified atom stereocenters. The minimum absolute atomic E-state index is 0.199. The predicted molar refractivity (Wildman–Crippen MR) is 81.0 cm³/mol. The summed E-state index contributed by atoms with van der Waals surface area (Å²) in [5.74, 6) is -0.506. The Bertz CT molecular complexity index is 603. The molecule has 1 heterocycles. The number of aliphatic hydroxyl groups is 1. The van der Waals surface area contributed by atoms with Gasteiger partial charge in [0.2, 0.25) is 0 Å². The topological polar surface area (TPSA) is 76.1 Å². The van der Waals surface area contributed by atoms with E-state index in [0.717, 1.165) is 5.56 Å². The summed E-state index contributed by atoms with van der Waals surface area (Å²) in [6.45, 7) is 5.65. The Morgan fingerprint density at radius 3 is 2.55 bits per heavy atom. The fraction of sp³-hybridized carbons (Fsp3) is 0.500. The number of aliphatic hydroxyl groups excluding tert-OH is 1. The van der Waals surface area contributed by atoms with Crippen LogP contribution in [0.2, 0.25) is 0 Å². The molecule has 0 atom stereocenters. The number of amides is 1. The second-order valence-electron chi connectivity index (χ2n) is 6.16. The zero-order valence-electron chi connectivity index (χ0n) is 13.3. The van der Waals surface area contributed by atoms with Crippen LogP contribution in [0.25, 0.3) is 0 Å². The highest BCUT2D eigenvalue weighted by molar-refractivity contribution is 5.96. The molecule has 0 saturated carbocycles. The summed E-state index contributed by atoms with van der Waals surface area (Å²) in [4.78, 5) is 25.5. The molecule has 1 aliphatic heterocycles. The molecule has 0 fully saturated rings. The first kappa shape index (κ1) is 16.3. The molecule has 0 aromatic heterocycles. The Hall–Kier alpha value is -2.08. The predicted octanol–water partition coefficient (Wildman–Crippen LogP) is 2.26. The van der Waals surface area contributed by atoms with Crippen molar-refractivity contribution >= 4 is 17.7 Å². The number of methoxy groups -OCH3 is 1. The van der Waals surface area contributed by atoms with Crippen molar-refractivity contribution in [3.8, 4) is 0 Å². The van der Waals surface area contributed by atoms with E-state index < -0.39 is 17.7 Å². The van der Waals surface area contributed by atoms with Crippen molar-refractivity contribution in [3.05, 3.63) is 28.8 Å². The minimum Gasteiger partial charge on any atom is -0.465 e. The molecular formula is C16H21NO5. The van der Waals surface area contributed by atoms with Crippen molar-refractivity contribution in [3.63, 3.8) is 0 Å². The van der Waals surface area contributed by atoms with Gasteiger partial charge in [-0.15, -0.1) is 0 Å². The SMILES string of the molecule is COC(=O)c1cc(CO)c2c(c1)N(C(=O)OC(C)(C)C)CC2. The number of anilines is 1. The molecule has 0 spiro atoms. The number of rotatable bonds is 2. The molecule has 1 aliphatic rings. The molecule has 0 radical (unpaired) electrons. The van der Waals surface area contributed by atoms with Gasteiger partial charge in [-0.25, -0.2) is 9.59 Å². The third-order valence-electron chi connectivity index (χ3n) is 3.40. The number of fused-ring (bicyclic) bond motifs is 1. The molecule has 1 N–H and O–H groups in total. The lowest BCUT2D eigenvalue weighted by Gasteiger charge is -2.25. The quantitative estimate of drug-likeness (QED) is 0.848. The van der Waals surface area contributed by atoms with Crippen LogP contribution in [0.1, 0.15) is 42.3 Å². The maximum atomic E-state index is 12.3. The Labute approximate surface area is 129 Å². The highest BCUT2D eigenvalue weighted by Crippen LogP contribution is 2.33. The van der Waals surface area contributed by atoms with Gasteiger partial charge >= 0.3 is 12.1 Å². The summed E-state index contributed by atoms with van der Waals surface area (Å²) in [6.07, 6.45) is 0.156. The number of benzene rings is 1. The standard InChI is InChI=1S/C16H21NO5/c1-16(2,3)22-15(20)17-6-5-12-11(9-18)7-10(8-13(12)17)14(19)21-4/h7-8,18H,5-6,9H2,1-4H3. The second kappa shape index (κ2) is 5.96. The van der Waals surface area contributed by atoms with Crippen LogP contribution in [0.4, 0.5) is 10.5 Å². The Morgan fingerprint density at radius 1 is 1.32 bits per heavy atom. The zero-order valence-corrected chi connectivity index (χ0v) is 13.3. The molecule has 22 heavy (non-hydrogen) atoms. The Kier molecular flexibility index (Phi) is 4.42. The lowest BCUT2D eigenvalue weighted by molar-refractivity contribution is 0.0576. The van der Waals surface area contributed by atoms with Crippen molar-refractivity contribution in [2.45, 2.75) is 39.4 Å². The van der Waals surface area contributed by atoms with E-state index in [1.165, 1.54) is 12.0 Å². The summed E-state index contributed by atoms with van der Waals surface area (Å²) in [5, 5.41) is 9.51. The number of nitrogens with zero attached hydrogens (tertiary/aromatic N) is 1. The molecule has 0 bridgehead atoms. The Morgan fingerprint density at radius 2 is 2.00 bits per heavy atom. The van der Waals surface area contributed by atoms with Crippen LogP contribution < -0.4 is 4.90 Å². The number of ether oxygens (including phenoxy) is 2. The number of esters is 1. The number of carbonyl (C=O) groups excluding carboxylic acids is 2. The number of carbonyl (C=O) groups is 2. The minimum atomic E-state index is -0.598. The van der Waals surface area contributed by atoms with Crippen LogP contribution >= 0.6 is 0 Å². The monoisotopic (exact) mass is 307 g/mol. The van der Waals surface area contributed by atoms with E-state index in [0.29, 0.717) is 29.8 Å². The molecule has 6 nitrogen and oxygen atoms in total. The van der Waals surface area contributed by atoms with E-state index in [2.05, 4.69) is 0 Å². The van der Waals surface area contributed by atoms with Gasteiger partial charge in [0, 0.05) is 6.54 Å². The van der Waals surface area contributed by atoms with Gasteiger partial charge in [-0.3, -0.25) is 4.90 Å². The first-order valence-electron chi connectivity index (χ1n) is 7.12. The summed E-state index contributed by atoms with van der Waals surface area (Å²) in [5.41, 5.74) is 1.80. The fourth-order valence-electron chi connectivity index (χ4n) is 2.47. The van der Waals surface area contributed by atoms with Gasteiger partial charge < -0.3 is 14.6 Å². The van der Waals surface area contributed by atoms with Gasteiger partial charge in [0.05, 0.1) is 25.0 Å². The van der Waals surface area contributed by atoms with Crippen molar-refractivity contribution in [1.29, 1.82) is 0 Å². The van der Waals surface area contributed by atoms with Crippen LogP contribution in [-0.4, -0.2) is 36.4 Å². The molecule has 6 heteroatoms. The Balaban J connectivity index is 2.40. The molecule has 0 aliphatic carbocycles. The zero-order chi connectivity index (χ0) is 16.5. The maximum absolute atomic E-state index is 12.3. The number of hydrogen-bond acceptors (Lipinski definition) is 5. The molecule has 0 saturated heterocycles. The highest BCUT2D eigenvalue weighted by atomic mass is 16.6. The largest absolute Gasteiger partial charge is 0.465 e. The van der Waals surface area contributed by atoms with E-state index in [1.54, 1.807) is 32.9 Å². The molecule has 120 valence electrons. The second-order valence-corrected chi connectivity index (χ2v) is 6.16. The molecule has 1 aromatic rings. The van der Waals surface area contributed by atoms with Gasteiger partial charge in [0.1, 0.15) is 5.60 Å². The van der Waals surface area contributed by atoms with Gasteiger partial charge in [0.15, 0.2) is 0 Å². The van der Waals surface area contributed by atoms with E-state index in [1.807, 2.05) is 0 Å². The van der Waals surface area contributed by atoms with Crippen LogP contribution in [0.3, 0.4) is 0 Å². The van der Waals surface area contributed by atoms with Crippen molar-refractivity contribution in [2.24, 2.45) is 0 Å². The van der Waals surface area contributed by atoms with E-state index in [9.17, 15) is 14.7 Å². The third kappa shape index (κ3) is 3.22. The van der Waals surface area contributed by atoms with E-state index >= 15 is 0 Å². The highest BCUT2D eigenvalue weighted by Gasteiger charge is 2.31. The van der Waals surface area contributed by atoms with Crippen LogP contribution in [-0.2, 0) is 22.5 Å².